The van der Waals surface area contributed by atoms with Gasteiger partial charge in [-0.1, -0.05) is 0 Å². The van der Waals surface area contributed by atoms with Crippen molar-refractivity contribution in [1.82, 2.24) is 0 Å². The number of halogens is 1. The first kappa shape index (κ1) is 13.0. The minimum absolute atomic E-state index is 0.0315. The van der Waals surface area contributed by atoms with Crippen molar-refractivity contribution < 1.29 is 23.8 Å². The summed E-state index contributed by atoms with van der Waals surface area (Å²) in [6, 6.07) is 2.30. The predicted octanol–water partition coefficient (Wildman–Crippen LogP) is 1.35. The zero-order valence-corrected chi connectivity index (χ0v) is 9.20. The largest absolute Gasteiger partial charge is 0.481 e. The Bertz CT molecular complexity index is 436. The molecule has 0 heterocycles. The van der Waals surface area contributed by atoms with E-state index in [9.17, 15) is 14.0 Å². The molecule has 1 rings (SSSR count). The molecule has 0 saturated carbocycles. The van der Waals surface area contributed by atoms with E-state index in [-0.39, 0.29) is 29.8 Å². The number of nitrogens with two attached hydrogens (primary N) is 1. The van der Waals surface area contributed by atoms with Crippen molar-refractivity contribution in [2.45, 2.75) is 13.3 Å². The average molecular weight is 241 g/mol. The van der Waals surface area contributed by atoms with Crippen LogP contribution in [0.5, 0.6) is 0 Å². The second kappa shape index (κ2) is 5.29. The minimum atomic E-state index is -1.08. The van der Waals surface area contributed by atoms with Gasteiger partial charge in [-0.25, -0.2) is 9.18 Å². The Labute approximate surface area is 97.0 Å². The third kappa shape index (κ3) is 3.44. The Kier molecular flexibility index (Phi) is 4.03. The molecule has 0 spiro atoms. The quantitative estimate of drug-likeness (QED) is 0.613. The summed E-state index contributed by atoms with van der Waals surface area (Å²) in [5, 5.41) is 8.35. The number of esters is 1. The van der Waals surface area contributed by atoms with E-state index in [0.29, 0.717) is 0 Å². The number of carboxylic acid groups (broad SMARTS) is 1. The maximum Gasteiger partial charge on any atom is 0.338 e. The summed E-state index contributed by atoms with van der Waals surface area (Å²) in [5.74, 6) is -2.47. The van der Waals surface area contributed by atoms with Gasteiger partial charge in [0.1, 0.15) is 12.4 Å². The number of ether oxygens (including phenoxy) is 1. The first-order valence-electron chi connectivity index (χ1n) is 4.86. The Morgan fingerprint density at radius 2 is 2.12 bits per heavy atom. The second-order valence-corrected chi connectivity index (χ2v) is 3.45. The molecule has 0 bridgehead atoms. The fourth-order valence-electron chi connectivity index (χ4n) is 1.13. The summed E-state index contributed by atoms with van der Waals surface area (Å²) < 4.78 is 17.9. The molecule has 0 aliphatic carbocycles. The normalized spacial score (nSPS) is 10.0. The molecule has 0 amide bonds. The number of carbonyl (C=O) groups is 2. The van der Waals surface area contributed by atoms with Crippen LogP contribution in [-0.4, -0.2) is 23.7 Å². The highest BCUT2D eigenvalue weighted by atomic mass is 19.1. The summed E-state index contributed by atoms with van der Waals surface area (Å²) in [7, 11) is 0. The highest BCUT2D eigenvalue weighted by Crippen LogP contribution is 2.18. The molecule has 0 saturated heterocycles. The van der Waals surface area contributed by atoms with Gasteiger partial charge in [-0.05, 0) is 19.1 Å². The smallest absolute Gasteiger partial charge is 0.338 e. The summed E-state index contributed by atoms with van der Waals surface area (Å²) >= 11 is 0. The molecule has 0 atom stereocenters. The van der Waals surface area contributed by atoms with Gasteiger partial charge in [0, 0.05) is 11.3 Å². The van der Waals surface area contributed by atoms with Crippen molar-refractivity contribution in [2.24, 2.45) is 0 Å². The molecular weight excluding hydrogens is 229 g/mol. The number of rotatable bonds is 4. The van der Waals surface area contributed by atoms with E-state index in [1.807, 2.05) is 0 Å². The number of anilines is 1. The van der Waals surface area contributed by atoms with Crippen molar-refractivity contribution >= 4 is 17.6 Å². The van der Waals surface area contributed by atoms with Gasteiger partial charge in [0.15, 0.2) is 0 Å². The summed E-state index contributed by atoms with van der Waals surface area (Å²) in [6.45, 7) is 1.23. The lowest BCUT2D eigenvalue weighted by Crippen LogP contribution is -2.10. The lowest BCUT2D eigenvalue weighted by atomic mass is 10.1. The van der Waals surface area contributed by atoms with Crippen molar-refractivity contribution in [3.8, 4) is 0 Å². The van der Waals surface area contributed by atoms with Crippen LogP contribution < -0.4 is 5.73 Å². The van der Waals surface area contributed by atoms with Gasteiger partial charge >= 0.3 is 11.9 Å². The molecule has 6 heteroatoms. The van der Waals surface area contributed by atoms with Crippen LogP contribution in [-0.2, 0) is 9.53 Å². The molecule has 5 nitrogen and oxygen atoms in total. The van der Waals surface area contributed by atoms with E-state index in [4.69, 9.17) is 10.8 Å². The lowest BCUT2D eigenvalue weighted by Gasteiger charge is -2.06. The summed E-state index contributed by atoms with van der Waals surface area (Å²) in [6.07, 6.45) is -0.296. The fraction of sp³-hybridized carbons (Fsp3) is 0.273. The zero-order chi connectivity index (χ0) is 13.0. The molecule has 3 N–H and O–H groups in total. The van der Waals surface area contributed by atoms with Crippen LogP contribution in [0.15, 0.2) is 12.1 Å². The summed E-state index contributed by atoms with van der Waals surface area (Å²) in [5.41, 5.74) is 5.87. The number of hydrogen-bond acceptors (Lipinski definition) is 4. The predicted molar refractivity (Wildman–Crippen MR) is 58.1 cm³/mol. The number of benzene rings is 1. The molecule has 0 aliphatic heterocycles. The van der Waals surface area contributed by atoms with Crippen LogP contribution >= 0.6 is 0 Å². The van der Waals surface area contributed by atoms with Gasteiger partial charge in [-0.3, -0.25) is 4.79 Å². The molecule has 1 aromatic carbocycles. The minimum Gasteiger partial charge on any atom is -0.481 e. The molecule has 17 heavy (non-hydrogen) atoms. The average Bonchev–Trinajstić information content (AvgIpc) is 2.24. The molecule has 0 unspecified atom stereocenters. The SMILES string of the molecule is Cc1c(N)cc(C(=O)OCCC(=O)O)cc1F. The van der Waals surface area contributed by atoms with Gasteiger partial charge in [0.2, 0.25) is 0 Å². The van der Waals surface area contributed by atoms with Gasteiger partial charge in [0.25, 0.3) is 0 Å². The van der Waals surface area contributed by atoms with E-state index in [1.165, 1.54) is 13.0 Å². The maximum absolute atomic E-state index is 13.3. The van der Waals surface area contributed by atoms with Gasteiger partial charge < -0.3 is 15.6 Å². The number of carbonyl (C=O) groups excluding carboxylic acids is 1. The monoisotopic (exact) mass is 241 g/mol. The highest BCUT2D eigenvalue weighted by molar-refractivity contribution is 5.90. The lowest BCUT2D eigenvalue weighted by molar-refractivity contribution is -0.137. The van der Waals surface area contributed by atoms with Crippen molar-refractivity contribution in [3.63, 3.8) is 0 Å². The first-order valence-corrected chi connectivity index (χ1v) is 4.86. The molecule has 1 aromatic rings. The van der Waals surface area contributed by atoms with E-state index in [0.717, 1.165) is 6.07 Å². The number of aliphatic carboxylic acids is 1. The fourth-order valence-corrected chi connectivity index (χ4v) is 1.13. The van der Waals surface area contributed by atoms with Crippen LogP contribution in [0.3, 0.4) is 0 Å². The highest BCUT2D eigenvalue weighted by Gasteiger charge is 2.12. The Hall–Kier alpha value is -2.11. The topological polar surface area (TPSA) is 89.6 Å². The maximum atomic E-state index is 13.3. The Balaban J connectivity index is 2.73. The molecule has 0 aliphatic rings. The molecule has 0 radical (unpaired) electrons. The Morgan fingerprint density at radius 1 is 1.47 bits per heavy atom. The van der Waals surface area contributed by atoms with Crippen LogP contribution in [0.4, 0.5) is 10.1 Å². The number of carboxylic acids is 1. The number of nitrogen functional groups attached to an aromatic ring is 1. The third-order valence-electron chi connectivity index (χ3n) is 2.17. The van der Waals surface area contributed by atoms with Crippen LogP contribution in [0.25, 0.3) is 0 Å². The van der Waals surface area contributed by atoms with Crippen LogP contribution in [0.1, 0.15) is 22.3 Å². The third-order valence-corrected chi connectivity index (χ3v) is 2.17. The zero-order valence-electron chi connectivity index (χ0n) is 9.20. The Morgan fingerprint density at radius 3 is 2.65 bits per heavy atom. The molecule has 0 fully saturated rings. The first-order chi connectivity index (χ1) is 7.91. The van der Waals surface area contributed by atoms with Gasteiger partial charge in [-0.2, -0.15) is 0 Å². The van der Waals surface area contributed by atoms with Gasteiger partial charge in [0.05, 0.1) is 12.0 Å². The standard InChI is InChI=1S/C11H12FNO4/c1-6-8(12)4-7(5-9(6)13)11(16)17-3-2-10(14)15/h4-5H,2-3,13H2,1H3,(H,14,15). The van der Waals surface area contributed by atoms with Crippen LogP contribution in [0, 0.1) is 12.7 Å². The van der Waals surface area contributed by atoms with Crippen molar-refractivity contribution in [3.05, 3.63) is 29.1 Å². The van der Waals surface area contributed by atoms with E-state index in [2.05, 4.69) is 4.74 Å². The summed E-state index contributed by atoms with van der Waals surface area (Å²) in [4.78, 5) is 21.6. The molecular formula is C11H12FNO4. The van der Waals surface area contributed by atoms with E-state index in [1.54, 1.807) is 0 Å². The number of hydrogen-bond donors (Lipinski definition) is 2. The van der Waals surface area contributed by atoms with Crippen molar-refractivity contribution in [1.29, 1.82) is 0 Å². The van der Waals surface area contributed by atoms with Crippen molar-refractivity contribution in [2.75, 3.05) is 12.3 Å². The van der Waals surface area contributed by atoms with E-state index < -0.39 is 17.8 Å². The van der Waals surface area contributed by atoms with E-state index >= 15 is 0 Å². The van der Waals surface area contributed by atoms with Gasteiger partial charge in [-0.15, -0.1) is 0 Å². The molecule has 0 aromatic heterocycles. The molecule has 92 valence electrons. The second-order valence-electron chi connectivity index (χ2n) is 3.45. The van der Waals surface area contributed by atoms with Crippen LogP contribution in [0.2, 0.25) is 0 Å².